The summed E-state index contributed by atoms with van der Waals surface area (Å²) in [6.45, 7) is 12.4. The van der Waals surface area contributed by atoms with E-state index in [0.29, 0.717) is 6.61 Å². The average molecular weight is 268 g/mol. The van der Waals surface area contributed by atoms with Crippen LogP contribution >= 0.6 is 0 Å². The van der Waals surface area contributed by atoms with E-state index in [1.807, 2.05) is 33.8 Å². The van der Waals surface area contributed by atoms with E-state index in [4.69, 9.17) is 14.0 Å². The average Bonchev–Trinajstić information content (AvgIpc) is 2.48. The zero-order valence-electron chi connectivity index (χ0n) is 12.9. The van der Waals surface area contributed by atoms with Crippen LogP contribution in [0.15, 0.2) is 12.2 Å². The third kappa shape index (κ3) is 4.08. The Morgan fingerprint density at radius 1 is 1.26 bits per heavy atom. The number of allylic oxidation sites excluding steroid dienone is 1. The molecule has 0 aromatic carbocycles. The number of hydrogen-bond donors (Lipinski definition) is 0. The van der Waals surface area contributed by atoms with Crippen molar-refractivity contribution in [2.24, 2.45) is 0 Å². The molecule has 1 saturated heterocycles. The Morgan fingerprint density at radius 3 is 2.26 bits per heavy atom. The molecule has 1 aliphatic heterocycles. The van der Waals surface area contributed by atoms with E-state index in [1.165, 1.54) is 6.08 Å². The van der Waals surface area contributed by atoms with E-state index < -0.39 is 0 Å². The number of carbonyl (C=O) groups excluding carboxylic acids is 1. The smallest absolute Gasteiger partial charge is 0.461 e. The molecule has 0 amide bonds. The van der Waals surface area contributed by atoms with Gasteiger partial charge >= 0.3 is 13.1 Å². The molecular formula is C14H25BO4. The Balaban J connectivity index is 2.48. The SMILES string of the molecule is CCOC(=O)/C=C/C[C@@H](C)B1OC(C)(C)C(C)(C)O1. The predicted octanol–water partition coefficient (Wildman–Crippen LogP) is 2.98. The van der Waals surface area contributed by atoms with Gasteiger partial charge in [0.1, 0.15) is 0 Å². The lowest BCUT2D eigenvalue weighted by molar-refractivity contribution is -0.137. The van der Waals surface area contributed by atoms with E-state index >= 15 is 0 Å². The van der Waals surface area contributed by atoms with Crippen LogP contribution in [0.4, 0.5) is 0 Å². The lowest BCUT2D eigenvalue weighted by Gasteiger charge is -2.32. The maximum Gasteiger partial charge on any atom is 0.461 e. The summed E-state index contributed by atoms with van der Waals surface area (Å²) >= 11 is 0. The largest absolute Gasteiger partial charge is 0.463 e. The van der Waals surface area contributed by atoms with Crippen LogP contribution in [-0.4, -0.2) is 30.9 Å². The quantitative estimate of drug-likeness (QED) is 0.437. The Labute approximate surface area is 116 Å². The van der Waals surface area contributed by atoms with Crippen molar-refractivity contribution in [1.82, 2.24) is 0 Å². The molecule has 0 unspecified atom stereocenters. The first-order valence-corrected chi connectivity index (χ1v) is 6.88. The van der Waals surface area contributed by atoms with Crippen molar-refractivity contribution >= 4 is 13.1 Å². The summed E-state index contributed by atoms with van der Waals surface area (Å²) in [4.78, 5) is 11.2. The molecule has 5 heteroatoms. The Hall–Kier alpha value is -0.805. The van der Waals surface area contributed by atoms with Gasteiger partial charge in [-0.1, -0.05) is 13.0 Å². The number of hydrogen-bond acceptors (Lipinski definition) is 4. The zero-order valence-corrected chi connectivity index (χ0v) is 12.9. The van der Waals surface area contributed by atoms with Gasteiger partial charge in [-0.15, -0.1) is 0 Å². The van der Waals surface area contributed by atoms with Gasteiger partial charge in [0, 0.05) is 6.08 Å². The van der Waals surface area contributed by atoms with E-state index in [9.17, 15) is 4.79 Å². The molecule has 1 heterocycles. The second-order valence-corrected chi connectivity index (χ2v) is 5.99. The second-order valence-electron chi connectivity index (χ2n) is 5.99. The zero-order chi connectivity index (χ0) is 14.7. The van der Waals surface area contributed by atoms with Crippen LogP contribution in [0.1, 0.15) is 48.0 Å². The highest BCUT2D eigenvalue weighted by Crippen LogP contribution is 2.40. The molecule has 0 saturated carbocycles. The standard InChI is InChI=1S/C14H25BO4/c1-7-17-12(16)10-8-9-11(2)15-18-13(3,4)14(5,6)19-15/h8,10-11H,7,9H2,1-6H3/b10-8+/t11-/m1/s1. The first kappa shape index (κ1) is 16.2. The minimum absolute atomic E-state index is 0.187. The van der Waals surface area contributed by atoms with Gasteiger partial charge in [0.15, 0.2) is 0 Å². The van der Waals surface area contributed by atoms with Crippen LogP contribution in [-0.2, 0) is 18.8 Å². The Kier molecular flexibility index (Phi) is 5.22. The molecule has 4 nitrogen and oxygen atoms in total. The van der Waals surface area contributed by atoms with E-state index in [2.05, 4.69) is 6.92 Å². The summed E-state index contributed by atoms with van der Waals surface area (Å²) in [6.07, 6.45) is 3.99. The van der Waals surface area contributed by atoms with Gasteiger partial charge in [0.25, 0.3) is 0 Å². The maximum atomic E-state index is 11.2. The predicted molar refractivity (Wildman–Crippen MR) is 75.9 cm³/mol. The molecule has 0 aromatic heterocycles. The molecule has 108 valence electrons. The van der Waals surface area contributed by atoms with Gasteiger partial charge < -0.3 is 14.0 Å². The lowest BCUT2D eigenvalue weighted by Crippen LogP contribution is -2.41. The fourth-order valence-electron chi connectivity index (χ4n) is 1.80. The minimum Gasteiger partial charge on any atom is -0.463 e. The van der Waals surface area contributed by atoms with Crippen molar-refractivity contribution in [3.63, 3.8) is 0 Å². The van der Waals surface area contributed by atoms with Crippen molar-refractivity contribution in [2.45, 2.75) is 65.0 Å². The number of carbonyl (C=O) groups is 1. The van der Waals surface area contributed by atoms with Gasteiger partial charge in [0.2, 0.25) is 0 Å². The highest BCUT2D eigenvalue weighted by molar-refractivity contribution is 6.47. The highest BCUT2D eigenvalue weighted by atomic mass is 16.7. The fourth-order valence-corrected chi connectivity index (χ4v) is 1.80. The molecule has 0 aromatic rings. The van der Waals surface area contributed by atoms with Crippen molar-refractivity contribution in [3.8, 4) is 0 Å². The van der Waals surface area contributed by atoms with Crippen LogP contribution in [0.2, 0.25) is 5.82 Å². The third-order valence-electron chi connectivity index (χ3n) is 3.78. The molecule has 0 N–H and O–H groups in total. The Morgan fingerprint density at radius 2 is 1.79 bits per heavy atom. The van der Waals surface area contributed by atoms with Crippen molar-refractivity contribution in [2.75, 3.05) is 6.61 Å². The van der Waals surface area contributed by atoms with Crippen LogP contribution in [0.3, 0.4) is 0 Å². The second kappa shape index (κ2) is 6.10. The molecule has 19 heavy (non-hydrogen) atoms. The lowest BCUT2D eigenvalue weighted by atomic mass is 9.71. The van der Waals surface area contributed by atoms with Crippen molar-refractivity contribution in [1.29, 1.82) is 0 Å². The highest BCUT2D eigenvalue weighted by Gasteiger charge is 2.52. The van der Waals surface area contributed by atoms with Crippen LogP contribution in [0, 0.1) is 0 Å². The van der Waals surface area contributed by atoms with Crippen molar-refractivity contribution in [3.05, 3.63) is 12.2 Å². The molecule has 1 atom stereocenters. The molecule has 1 rings (SSSR count). The van der Waals surface area contributed by atoms with E-state index in [0.717, 1.165) is 6.42 Å². The summed E-state index contributed by atoms with van der Waals surface area (Å²) in [5.41, 5.74) is -0.617. The topological polar surface area (TPSA) is 44.8 Å². The molecule has 1 fully saturated rings. The maximum absolute atomic E-state index is 11.2. The first-order valence-electron chi connectivity index (χ1n) is 6.88. The third-order valence-corrected chi connectivity index (χ3v) is 3.78. The Bertz CT molecular complexity index is 333. The van der Waals surface area contributed by atoms with Crippen molar-refractivity contribution < 1.29 is 18.8 Å². The summed E-state index contributed by atoms with van der Waals surface area (Å²) < 4.78 is 16.7. The summed E-state index contributed by atoms with van der Waals surface area (Å²) in [6, 6.07) is 0. The normalized spacial score (nSPS) is 22.7. The van der Waals surface area contributed by atoms with Gasteiger partial charge in [-0.05, 0) is 46.9 Å². The van der Waals surface area contributed by atoms with Gasteiger partial charge in [-0.25, -0.2) is 4.79 Å². The fraction of sp³-hybridized carbons (Fsp3) is 0.786. The first-order chi connectivity index (χ1) is 8.69. The molecule has 0 aliphatic carbocycles. The summed E-state index contributed by atoms with van der Waals surface area (Å²) in [5.74, 6) is -0.115. The molecule has 0 bridgehead atoms. The number of esters is 1. The van der Waals surface area contributed by atoms with Crippen LogP contribution < -0.4 is 0 Å². The number of ether oxygens (including phenoxy) is 1. The summed E-state index contributed by atoms with van der Waals surface area (Å²) in [5, 5.41) is 0. The van der Waals surface area contributed by atoms with Gasteiger partial charge in [0.05, 0.1) is 17.8 Å². The molecule has 0 spiro atoms. The van der Waals surface area contributed by atoms with E-state index in [-0.39, 0.29) is 30.1 Å². The van der Waals surface area contributed by atoms with E-state index in [1.54, 1.807) is 6.92 Å². The summed E-state index contributed by atoms with van der Waals surface area (Å²) in [7, 11) is -0.239. The monoisotopic (exact) mass is 268 g/mol. The molecule has 0 radical (unpaired) electrons. The van der Waals surface area contributed by atoms with Crippen LogP contribution in [0.5, 0.6) is 0 Å². The molecular weight excluding hydrogens is 243 g/mol. The van der Waals surface area contributed by atoms with Gasteiger partial charge in [-0.3, -0.25) is 0 Å². The van der Waals surface area contributed by atoms with Gasteiger partial charge in [-0.2, -0.15) is 0 Å². The molecule has 1 aliphatic rings. The van der Waals surface area contributed by atoms with Crippen LogP contribution in [0.25, 0.3) is 0 Å². The minimum atomic E-state index is -0.309. The number of rotatable bonds is 5.